The average molecular weight is 275 g/mol. The van der Waals surface area contributed by atoms with E-state index in [2.05, 4.69) is 9.97 Å². The van der Waals surface area contributed by atoms with Crippen molar-refractivity contribution < 1.29 is 17.9 Å². The van der Waals surface area contributed by atoms with Gasteiger partial charge in [-0.3, -0.25) is 0 Å². The Bertz CT molecular complexity index is 446. The Hall–Kier alpha value is -1.53. The van der Waals surface area contributed by atoms with E-state index in [0.717, 1.165) is 12.6 Å². The summed E-state index contributed by atoms with van der Waals surface area (Å²) in [5.74, 6) is -3.14. The van der Waals surface area contributed by atoms with Gasteiger partial charge in [0.2, 0.25) is 0 Å². The van der Waals surface area contributed by atoms with Crippen molar-refractivity contribution in [1.82, 2.24) is 9.97 Å². The van der Waals surface area contributed by atoms with E-state index in [1.165, 1.54) is 4.90 Å². The molecule has 2 heterocycles. The number of alkyl halides is 2. The van der Waals surface area contributed by atoms with E-state index in [1.54, 1.807) is 0 Å². The average Bonchev–Trinajstić information content (AvgIpc) is 2.27. The number of hydrogen-bond acceptors (Lipinski definition) is 4. The third-order valence-electron chi connectivity index (χ3n) is 2.77. The molecular formula is C12H16F3N3O. The predicted molar refractivity (Wildman–Crippen MR) is 64.1 cm³/mol. The van der Waals surface area contributed by atoms with Crippen molar-refractivity contribution in [3.05, 3.63) is 12.0 Å². The third kappa shape index (κ3) is 3.48. The zero-order chi connectivity index (χ0) is 14.0. The molecule has 1 fully saturated rings. The highest BCUT2D eigenvalue weighted by molar-refractivity contribution is 5.44. The maximum Gasteiger partial charge on any atom is 0.318 e. The molecule has 1 aliphatic heterocycles. The van der Waals surface area contributed by atoms with E-state index in [9.17, 15) is 13.2 Å². The van der Waals surface area contributed by atoms with Crippen LogP contribution in [0.4, 0.5) is 19.0 Å². The van der Waals surface area contributed by atoms with Gasteiger partial charge in [-0.2, -0.15) is 4.98 Å². The van der Waals surface area contributed by atoms with Crippen LogP contribution in [-0.4, -0.2) is 35.6 Å². The lowest BCUT2D eigenvalue weighted by Crippen LogP contribution is -2.57. The number of halogens is 3. The SMILES string of the molecule is CC(C)CCOc1ncc(F)c(N2CC(F)(F)C2)n1. The number of hydrogen-bond donors (Lipinski definition) is 0. The molecule has 0 atom stereocenters. The first-order valence-corrected chi connectivity index (χ1v) is 6.15. The summed E-state index contributed by atoms with van der Waals surface area (Å²) >= 11 is 0. The lowest BCUT2D eigenvalue weighted by molar-refractivity contribution is -0.0271. The Kier molecular flexibility index (Phi) is 3.82. The van der Waals surface area contributed by atoms with Crippen LogP contribution in [-0.2, 0) is 0 Å². The molecule has 0 aliphatic carbocycles. The summed E-state index contributed by atoms with van der Waals surface area (Å²) in [6, 6.07) is 0.0206. The molecule has 0 unspecified atom stereocenters. The second-order valence-corrected chi connectivity index (χ2v) is 5.07. The van der Waals surface area contributed by atoms with Gasteiger partial charge in [-0.1, -0.05) is 13.8 Å². The molecule has 1 aliphatic rings. The highest BCUT2D eigenvalue weighted by Crippen LogP contribution is 2.32. The smallest absolute Gasteiger partial charge is 0.318 e. The number of rotatable bonds is 5. The Balaban J connectivity index is 1.99. The van der Waals surface area contributed by atoms with Gasteiger partial charge in [0.25, 0.3) is 5.92 Å². The summed E-state index contributed by atoms with van der Waals surface area (Å²) in [5.41, 5.74) is 0. The summed E-state index contributed by atoms with van der Waals surface area (Å²) in [6.45, 7) is 3.46. The van der Waals surface area contributed by atoms with Gasteiger partial charge >= 0.3 is 6.01 Å². The molecule has 4 nitrogen and oxygen atoms in total. The first-order chi connectivity index (χ1) is 8.87. The van der Waals surface area contributed by atoms with Crippen molar-refractivity contribution >= 4 is 5.82 Å². The van der Waals surface area contributed by atoms with E-state index in [1.807, 2.05) is 13.8 Å². The summed E-state index contributed by atoms with van der Waals surface area (Å²) < 4.78 is 44.3. The molecule has 19 heavy (non-hydrogen) atoms. The molecule has 0 saturated carbocycles. The number of anilines is 1. The molecule has 106 valence electrons. The van der Waals surface area contributed by atoms with Gasteiger partial charge in [-0.25, -0.2) is 18.2 Å². The second-order valence-electron chi connectivity index (χ2n) is 5.07. The van der Waals surface area contributed by atoms with Crippen LogP contribution in [0.5, 0.6) is 6.01 Å². The highest BCUT2D eigenvalue weighted by atomic mass is 19.3. The number of ether oxygens (including phenoxy) is 1. The van der Waals surface area contributed by atoms with Gasteiger partial charge < -0.3 is 9.64 Å². The van der Waals surface area contributed by atoms with E-state index < -0.39 is 24.8 Å². The van der Waals surface area contributed by atoms with E-state index >= 15 is 0 Å². The van der Waals surface area contributed by atoms with Crippen LogP contribution < -0.4 is 9.64 Å². The minimum Gasteiger partial charge on any atom is -0.463 e. The lowest BCUT2D eigenvalue weighted by atomic mass is 10.1. The molecule has 1 saturated heterocycles. The molecule has 2 rings (SSSR count). The van der Waals surface area contributed by atoms with Gasteiger partial charge in [0.1, 0.15) is 0 Å². The molecule has 7 heteroatoms. The zero-order valence-corrected chi connectivity index (χ0v) is 10.9. The molecule has 0 bridgehead atoms. The van der Waals surface area contributed by atoms with E-state index in [0.29, 0.717) is 12.5 Å². The first kappa shape index (κ1) is 13.9. The van der Waals surface area contributed by atoms with Crippen molar-refractivity contribution in [3.63, 3.8) is 0 Å². The quantitative estimate of drug-likeness (QED) is 0.827. The fourth-order valence-corrected chi connectivity index (χ4v) is 1.68. The molecule has 1 aromatic rings. The second kappa shape index (κ2) is 5.22. The lowest BCUT2D eigenvalue weighted by Gasteiger charge is -2.39. The van der Waals surface area contributed by atoms with Crippen molar-refractivity contribution in [3.8, 4) is 6.01 Å². The summed E-state index contributed by atoms with van der Waals surface area (Å²) in [5, 5.41) is 0. The predicted octanol–water partition coefficient (Wildman–Crippen LogP) is 2.50. The largest absolute Gasteiger partial charge is 0.463 e. The van der Waals surface area contributed by atoms with Gasteiger partial charge in [0.05, 0.1) is 25.9 Å². The summed E-state index contributed by atoms with van der Waals surface area (Å²) in [6.07, 6.45) is 1.77. The monoisotopic (exact) mass is 275 g/mol. The highest BCUT2D eigenvalue weighted by Gasteiger charge is 2.45. The molecule has 0 spiro atoms. The summed E-state index contributed by atoms with van der Waals surface area (Å²) in [4.78, 5) is 8.70. The van der Waals surface area contributed by atoms with Crippen LogP contribution in [0.25, 0.3) is 0 Å². The zero-order valence-electron chi connectivity index (χ0n) is 10.9. The fraction of sp³-hybridized carbons (Fsp3) is 0.667. The molecule has 0 N–H and O–H groups in total. The maximum atomic E-state index is 13.5. The van der Waals surface area contributed by atoms with Crippen LogP contribution in [0.1, 0.15) is 20.3 Å². The number of aromatic nitrogens is 2. The standard InChI is InChI=1S/C12H16F3N3O/c1-8(2)3-4-19-11-16-5-9(13)10(17-11)18-6-12(14,15)7-18/h5,8H,3-4,6-7H2,1-2H3. The van der Waals surface area contributed by atoms with Gasteiger partial charge in [0, 0.05) is 0 Å². The molecule has 0 radical (unpaired) electrons. The minimum atomic E-state index is -2.77. The molecule has 0 amide bonds. The minimum absolute atomic E-state index is 0.0206. The normalized spacial score (nSPS) is 17.5. The molecule has 0 aromatic carbocycles. The Morgan fingerprint density at radius 1 is 1.42 bits per heavy atom. The number of nitrogens with zero attached hydrogens (tertiary/aromatic N) is 3. The van der Waals surface area contributed by atoms with Crippen molar-refractivity contribution in [1.29, 1.82) is 0 Å². The van der Waals surface area contributed by atoms with Crippen LogP contribution in [0.3, 0.4) is 0 Å². The maximum absolute atomic E-state index is 13.5. The van der Waals surface area contributed by atoms with Gasteiger partial charge in [-0.05, 0) is 12.3 Å². The fourth-order valence-electron chi connectivity index (χ4n) is 1.68. The van der Waals surface area contributed by atoms with Crippen molar-refractivity contribution in [2.24, 2.45) is 5.92 Å². The van der Waals surface area contributed by atoms with Crippen LogP contribution in [0.15, 0.2) is 6.20 Å². The van der Waals surface area contributed by atoms with Crippen LogP contribution >= 0.6 is 0 Å². The van der Waals surface area contributed by atoms with Crippen LogP contribution in [0, 0.1) is 11.7 Å². The molecular weight excluding hydrogens is 259 g/mol. The summed E-state index contributed by atoms with van der Waals surface area (Å²) in [7, 11) is 0. The Labute approximate surface area is 109 Å². The van der Waals surface area contributed by atoms with E-state index in [4.69, 9.17) is 4.74 Å². The van der Waals surface area contributed by atoms with Crippen LogP contribution in [0.2, 0.25) is 0 Å². The first-order valence-electron chi connectivity index (χ1n) is 6.15. The van der Waals surface area contributed by atoms with Crippen molar-refractivity contribution in [2.75, 3.05) is 24.6 Å². The Morgan fingerprint density at radius 3 is 2.68 bits per heavy atom. The molecule has 1 aromatic heterocycles. The van der Waals surface area contributed by atoms with Crippen molar-refractivity contribution in [2.45, 2.75) is 26.2 Å². The third-order valence-corrected chi connectivity index (χ3v) is 2.77. The van der Waals surface area contributed by atoms with Gasteiger partial charge in [0.15, 0.2) is 11.6 Å². The topological polar surface area (TPSA) is 38.2 Å². The Morgan fingerprint density at radius 2 is 2.11 bits per heavy atom. The van der Waals surface area contributed by atoms with E-state index in [-0.39, 0.29) is 11.8 Å². The van der Waals surface area contributed by atoms with Gasteiger partial charge in [-0.15, -0.1) is 0 Å².